The lowest BCUT2D eigenvalue weighted by Gasteiger charge is -2.30. The van der Waals surface area contributed by atoms with Crippen LogP contribution in [0.1, 0.15) is 39.1 Å². The van der Waals surface area contributed by atoms with Crippen molar-refractivity contribution in [2.45, 2.75) is 12.8 Å². The number of nitrogens with one attached hydrogen (secondary N) is 1. The van der Waals surface area contributed by atoms with Gasteiger partial charge >= 0.3 is 5.97 Å². The first-order valence-electron chi connectivity index (χ1n) is 7.86. The molecule has 1 amide bonds. The van der Waals surface area contributed by atoms with Crippen molar-refractivity contribution in [3.05, 3.63) is 59.4 Å². The number of carboxylic acid groups (broad SMARTS) is 1. The van der Waals surface area contributed by atoms with E-state index in [4.69, 9.17) is 5.11 Å². The highest BCUT2D eigenvalue weighted by atomic mass is 16.4. The molecule has 3 rings (SSSR count). The van der Waals surface area contributed by atoms with Crippen LogP contribution in [0.5, 0.6) is 0 Å². The van der Waals surface area contributed by atoms with E-state index in [-0.39, 0.29) is 18.2 Å². The maximum Gasteiger partial charge on any atom is 0.308 e. The predicted octanol–water partition coefficient (Wildman–Crippen LogP) is 2.18. The van der Waals surface area contributed by atoms with Crippen LogP contribution in [0.2, 0.25) is 0 Å². The van der Waals surface area contributed by atoms with Crippen molar-refractivity contribution < 1.29 is 19.5 Å². The number of carbonyl (C=O) groups excluding carboxylic acids is 2. The summed E-state index contributed by atoms with van der Waals surface area (Å²) in [5.74, 6) is -1.67. The van der Waals surface area contributed by atoms with Gasteiger partial charge in [-0.2, -0.15) is 0 Å². The number of nitrogens with zero attached hydrogens (tertiary/aromatic N) is 1. The Kier molecular flexibility index (Phi) is 4.46. The molecule has 0 saturated carbocycles. The summed E-state index contributed by atoms with van der Waals surface area (Å²) in [6.45, 7) is 0.796. The SMILES string of the molecule is O=C(c1ccc(C(=O)N2CCCC(C(=O)O)C2)cc1)c1cc[nH]c1. The maximum atomic E-state index is 12.5. The Morgan fingerprint density at radius 2 is 1.75 bits per heavy atom. The Bertz CT molecular complexity index is 750. The summed E-state index contributed by atoms with van der Waals surface area (Å²) >= 11 is 0. The largest absolute Gasteiger partial charge is 0.481 e. The Morgan fingerprint density at radius 1 is 1.04 bits per heavy atom. The Balaban J connectivity index is 1.72. The third-order valence-corrected chi connectivity index (χ3v) is 4.31. The number of benzene rings is 1. The molecular weight excluding hydrogens is 308 g/mol. The molecule has 1 aromatic heterocycles. The summed E-state index contributed by atoms with van der Waals surface area (Å²) in [5, 5.41) is 9.12. The molecule has 1 aliphatic heterocycles. The van der Waals surface area contributed by atoms with Gasteiger partial charge in [-0.3, -0.25) is 14.4 Å². The van der Waals surface area contributed by atoms with Crippen molar-refractivity contribution in [2.75, 3.05) is 13.1 Å². The van der Waals surface area contributed by atoms with Crippen LogP contribution in [0.4, 0.5) is 0 Å². The Labute approximate surface area is 139 Å². The van der Waals surface area contributed by atoms with Crippen LogP contribution >= 0.6 is 0 Å². The highest BCUT2D eigenvalue weighted by molar-refractivity contribution is 6.09. The Hall–Kier alpha value is -2.89. The van der Waals surface area contributed by atoms with Crippen molar-refractivity contribution in [1.82, 2.24) is 9.88 Å². The van der Waals surface area contributed by atoms with Crippen LogP contribution in [0.3, 0.4) is 0 Å². The molecule has 0 spiro atoms. The van der Waals surface area contributed by atoms with Crippen LogP contribution in [0, 0.1) is 5.92 Å². The number of carboxylic acids is 1. The molecule has 1 fully saturated rings. The first-order valence-corrected chi connectivity index (χ1v) is 7.86. The second-order valence-electron chi connectivity index (χ2n) is 5.93. The van der Waals surface area contributed by atoms with E-state index in [1.807, 2.05) is 0 Å². The fourth-order valence-electron chi connectivity index (χ4n) is 2.94. The summed E-state index contributed by atoms with van der Waals surface area (Å²) in [7, 11) is 0. The molecule has 124 valence electrons. The number of amides is 1. The van der Waals surface area contributed by atoms with Crippen molar-refractivity contribution in [3.8, 4) is 0 Å². The number of piperidine rings is 1. The monoisotopic (exact) mass is 326 g/mol. The zero-order valence-electron chi connectivity index (χ0n) is 13.1. The van der Waals surface area contributed by atoms with Crippen LogP contribution < -0.4 is 0 Å². The van der Waals surface area contributed by atoms with Gasteiger partial charge < -0.3 is 15.0 Å². The molecule has 24 heavy (non-hydrogen) atoms. The molecule has 2 N–H and O–H groups in total. The van der Waals surface area contributed by atoms with Gasteiger partial charge in [-0.25, -0.2) is 0 Å². The first-order chi connectivity index (χ1) is 11.6. The lowest BCUT2D eigenvalue weighted by molar-refractivity contribution is -0.143. The van der Waals surface area contributed by atoms with E-state index >= 15 is 0 Å². The summed E-state index contributed by atoms with van der Waals surface area (Å²) in [5.41, 5.74) is 1.54. The number of rotatable bonds is 4. The van der Waals surface area contributed by atoms with E-state index in [0.717, 1.165) is 0 Å². The third-order valence-electron chi connectivity index (χ3n) is 4.31. The minimum absolute atomic E-state index is 0.112. The molecule has 1 atom stereocenters. The summed E-state index contributed by atoms with van der Waals surface area (Å²) in [6.07, 6.45) is 4.59. The average Bonchev–Trinajstić information content (AvgIpc) is 3.15. The van der Waals surface area contributed by atoms with Gasteiger partial charge in [-0.15, -0.1) is 0 Å². The number of ketones is 1. The maximum absolute atomic E-state index is 12.5. The van der Waals surface area contributed by atoms with Gasteiger partial charge in [0.1, 0.15) is 0 Å². The van der Waals surface area contributed by atoms with E-state index in [9.17, 15) is 14.4 Å². The highest BCUT2D eigenvalue weighted by Gasteiger charge is 2.28. The lowest BCUT2D eigenvalue weighted by Crippen LogP contribution is -2.42. The minimum atomic E-state index is -0.861. The molecule has 6 nitrogen and oxygen atoms in total. The molecule has 2 aromatic rings. The molecule has 1 saturated heterocycles. The van der Waals surface area contributed by atoms with Gasteiger partial charge in [0.05, 0.1) is 5.92 Å². The van der Waals surface area contributed by atoms with Crippen LogP contribution in [-0.2, 0) is 4.79 Å². The van der Waals surface area contributed by atoms with E-state index in [2.05, 4.69) is 4.98 Å². The quantitative estimate of drug-likeness (QED) is 0.843. The van der Waals surface area contributed by atoms with Gasteiger partial charge in [0.15, 0.2) is 5.78 Å². The molecular formula is C18H18N2O4. The van der Waals surface area contributed by atoms with Gasteiger partial charge in [-0.05, 0) is 31.0 Å². The zero-order valence-corrected chi connectivity index (χ0v) is 13.1. The third kappa shape index (κ3) is 3.22. The van der Waals surface area contributed by atoms with Crippen molar-refractivity contribution in [2.24, 2.45) is 5.92 Å². The highest BCUT2D eigenvalue weighted by Crippen LogP contribution is 2.19. The predicted molar refractivity (Wildman–Crippen MR) is 86.9 cm³/mol. The zero-order chi connectivity index (χ0) is 17.1. The molecule has 1 aromatic carbocycles. The molecule has 1 unspecified atom stereocenters. The van der Waals surface area contributed by atoms with Gasteiger partial charge in [0.2, 0.25) is 0 Å². The average molecular weight is 326 g/mol. The standard InChI is InChI=1S/C18H18N2O4/c21-16(14-7-8-19-10-14)12-3-5-13(6-4-12)17(22)20-9-1-2-15(11-20)18(23)24/h3-8,10,15,19H,1-2,9,11H2,(H,23,24). The summed E-state index contributed by atoms with van der Waals surface area (Å²) < 4.78 is 0. The number of likely N-dealkylation sites (tertiary alicyclic amines) is 1. The van der Waals surface area contributed by atoms with Crippen LogP contribution in [-0.4, -0.2) is 45.7 Å². The molecule has 0 aliphatic carbocycles. The second-order valence-corrected chi connectivity index (χ2v) is 5.93. The first kappa shape index (κ1) is 16.0. The summed E-state index contributed by atoms with van der Waals surface area (Å²) in [4.78, 5) is 40.3. The fourth-order valence-corrected chi connectivity index (χ4v) is 2.94. The van der Waals surface area contributed by atoms with Crippen LogP contribution in [0.25, 0.3) is 0 Å². The van der Waals surface area contributed by atoms with Gasteiger partial charge in [0.25, 0.3) is 5.91 Å². The Morgan fingerprint density at radius 3 is 2.38 bits per heavy atom. The molecule has 0 bridgehead atoms. The summed E-state index contributed by atoms with van der Waals surface area (Å²) in [6, 6.07) is 8.18. The molecule has 0 radical (unpaired) electrons. The number of H-pyrrole nitrogens is 1. The number of aromatic amines is 1. The van der Waals surface area contributed by atoms with E-state index in [1.165, 1.54) is 0 Å². The number of hydrogen-bond acceptors (Lipinski definition) is 3. The van der Waals surface area contributed by atoms with Crippen molar-refractivity contribution in [1.29, 1.82) is 0 Å². The number of hydrogen-bond donors (Lipinski definition) is 2. The van der Waals surface area contributed by atoms with Gasteiger partial charge in [-0.1, -0.05) is 12.1 Å². The van der Waals surface area contributed by atoms with Crippen LogP contribution in [0.15, 0.2) is 42.7 Å². The van der Waals surface area contributed by atoms with E-state index in [1.54, 1.807) is 47.6 Å². The molecule has 2 heterocycles. The fraction of sp³-hybridized carbons (Fsp3) is 0.278. The molecule has 1 aliphatic rings. The normalized spacial score (nSPS) is 17.5. The topological polar surface area (TPSA) is 90.5 Å². The number of aromatic nitrogens is 1. The van der Waals surface area contributed by atoms with Gasteiger partial charge in [0, 0.05) is 42.2 Å². The van der Waals surface area contributed by atoms with Crippen molar-refractivity contribution in [3.63, 3.8) is 0 Å². The number of aliphatic carboxylic acids is 1. The van der Waals surface area contributed by atoms with Crippen molar-refractivity contribution >= 4 is 17.7 Å². The minimum Gasteiger partial charge on any atom is -0.481 e. The smallest absolute Gasteiger partial charge is 0.308 e. The van der Waals surface area contributed by atoms with E-state index < -0.39 is 11.9 Å². The lowest BCUT2D eigenvalue weighted by atomic mass is 9.97. The second kappa shape index (κ2) is 6.70. The number of carbonyl (C=O) groups is 3. The van der Waals surface area contributed by atoms with E-state index in [0.29, 0.717) is 36.1 Å². The molecule has 6 heteroatoms.